The predicted octanol–water partition coefficient (Wildman–Crippen LogP) is 2.09. The van der Waals surface area contributed by atoms with Crippen LogP contribution in [-0.2, 0) is 4.74 Å². The Morgan fingerprint density at radius 3 is 2.33 bits per heavy atom. The Hall–Kier alpha value is -0.180. The second-order valence-corrected chi connectivity index (χ2v) is 2.07. The topological polar surface area (TPSA) is 9.23 Å². The molecule has 9 heavy (non-hydrogen) atoms. The average Bonchev–Trinajstić information content (AvgIpc) is 1.63. The lowest BCUT2D eigenvalue weighted by atomic mass is 10.1. The van der Waals surface area contributed by atoms with Gasteiger partial charge in [0, 0.05) is 0 Å². The van der Waals surface area contributed by atoms with Gasteiger partial charge in [-0.2, -0.15) is 8.78 Å². The highest BCUT2D eigenvalue weighted by atomic mass is 19.3. The van der Waals surface area contributed by atoms with E-state index in [1.54, 1.807) is 6.42 Å². The van der Waals surface area contributed by atoms with Crippen molar-refractivity contribution in [3.8, 4) is 0 Å². The second kappa shape index (κ2) is 4.68. The minimum absolute atomic E-state index is 0.0370. The maximum atomic E-state index is 11.2. The first-order chi connectivity index (χ1) is 4.13. The molecule has 0 amide bonds. The first-order valence-electron chi connectivity index (χ1n) is 2.86. The van der Waals surface area contributed by atoms with Crippen molar-refractivity contribution in [2.24, 2.45) is 5.92 Å². The van der Waals surface area contributed by atoms with Crippen molar-refractivity contribution in [1.82, 2.24) is 0 Å². The molecular formula is C6H11F2O. The van der Waals surface area contributed by atoms with Crippen LogP contribution in [0.2, 0.25) is 0 Å². The lowest BCUT2D eigenvalue weighted by Gasteiger charge is -2.03. The van der Waals surface area contributed by atoms with E-state index in [-0.39, 0.29) is 6.61 Å². The Kier molecular flexibility index (Phi) is 4.58. The third kappa shape index (κ3) is 7.82. The molecule has 3 heteroatoms. The molecule has 0 heterocycles. The number of hydrogen-bond acceptors (Lipinski definition) is 1. The summed E-state index contributed by atoms with van der Waals surface area (Å²) in [6.45, 7) is 1.22. The fourth-order valence-corrected chi connectivity index (χ4v) is 0.321. The van der Waals surface area contributed by atoms with Crippen LogP contribution in [-0.4, -0.2) is 13.2 Å². The Balaban J connectivity index is 2.91. The molecule has 0 aliphatic carbocycles. The highest BCUT2D eigenvalue weighted by molar-refractivity contribution is 4.66. The van der Waals surface area contributed by atoms with Crippen LogP contribution in [0.1, 0.15) is 13.8 Å². The van der Waals surface area contributed by atoms with Gasteiger partial charge in [-0.3, -0.25) is 0 Å². The first kappa shape index (κ1) is 8.82. The van der Waals surface area contributed by atoms with Gasteiger partial charge >= 0.3 is 6.61 Å². The molecule has 0 unspecified atom stereocenters. The summed E-state index contributed by atoms with van der Waals surface area (Å²) in [5, 5.41) is 0. The molecular weight excluding hydrogens is 126 g/mol. The van der Waals surface area contributed by atoms with Gasteiger partial charge in [-0.15, -0.1) is 0 Å². The van der Waals surface area contributed by atoms with Gasteiger partial charge in [0.25, 0.3) is 0 Å². The van der Waals surface area contributed by atoms with E-state index in [4.69, 9.17) is 0 Å². The smallest absolute Gasteiger partial charge is 0.323 e. The lowest BCUT2D eigenvalue weighted by Crippen LogP contribution is -2.04. The monoisotopic (exact) mass is 137 g/mol. The summed E-state index contributed by atoms with van der Waals surface area (Å²) in [4.78, 5) is 0. The molecule has 0 rings (SSSR count). The van der Waals surface area contributed by atoms with Gasteiger partial charge in [0.05, 0.1) is 6.61 Å². The van der Waals surface area contributed by atoms with Crippen LogP contribution in [0.25, 0.3) is 0 Å². The van der Waals surface area contributed by atoms with Gasteiger partial charge in [-0.05, 0) is 12.3 Å². The highest BCUT2D eigenvalue weighted by Crippen LogP contribution is 2.00. The fraction of sp³-hybridized carbons (Fsp3) is 0.833. The SMILES string of the molecule is CC(C)[CH]COC(F)F. The molecule has 0 atom stereocenters. The quantitative estimate of drug-likeness (QED) is 0.576. The molecule has 55 valence electrons. The van der Waals surface area contributed by atoms with Crippen molar-refractivity contribution in [2.45, 2.75) is 20.5 Å². The van der Waals surface area contributed by atoms with E-state index < -0.39 is 6.61 Å². The number of alkyl halides is 2. The third-order valence-corrected chi connectivity index (χ3v) is 0.790. The molecule has 0 aromatic carbocycles. The molecule has 0 saturated heterocycles. The van der Waals surface area contributed by atoms with Crippen LogP contribution in [0.3, 0.4) is 0 Å². The van der Waals surface area contributed by atoms with Gasteiger partial charge in [0.1, 0.15) is 0 Å². The van der Waals surface area contributed by atoms with Crippen LogP contribution >= 0.6 is 0 Å². The average molecular weight is 137 g/mol. The Morgan fingerprint density at radius 1 is 1.44 bits per heavy atom. The predicted molar refractivity (Wildman–Crippen MR) is 31.1 cm³/mol. The van der Waals surface area contributed by atoms with Crippen molar-refractivity contribution in [1.29, 1.82) is 0 Å². The van der Waals surface area contributed by atoms with E-state index in [1.165, 1.54) is 0 Å². The van der Waals surface area contributed by atoms with E-state index in [0.717, 1.165) is 0 Å². The van der Waals surface area contributed by atoms with Gasteiger partial charge in [0.15, 0.2) is 0 Å². The number of ether oxygens (including phenoxy) is 1. The Labute approximate surface area is 54.0 Å². The van der Waals surface area contributed by atoms with Crippen molar-refractivity contribution in [3.63, 3.8) is 0 Å². The molecule has 0 fully saturated rings. The van der Waals surface area contributed by atoms with Crippen LogP contribution in [0.4, 0.5) is 8.78 Å². The first-order valence-corrected chi connectivity index (χ1v) is 2.86. The molecule has 0 saturated carbocycles. The van der Waals surface area contributed by atoms with Crippen LogP contribution in [0.5, 0.6) is 0 Å². The van der Waals surface area contributed by atoms with Gasteiger partial charge in [-0.25, -0.2) is 0 Å². The largest absolute Gasteiger partial charge is 0.345 e. The zero-order valence-corrected chi connectivity index (χ0v) is 5.60. The molecule has 0 N–H and O–H groups in total. The summed E-state index contributed by atoms with van der Waals surface area (Å²) >= 11 is 0. The molecule has 0 aliphatic rings. The molecule has 0 aromatic rings. The van der Waals surface area contributed by atoms with Gasteiger partial charge in [0.2, 0.25) is 0 Å². The highest BCUT2D eigenvalue weighted by Gasteiger charge is 2.01. The Bertz CT molecular complexity index is 56.1. The molecule has 0 aromatic heterocycles. The van der Waals surface area contributed by atoms with E-state index >= 15 is 0 Å². The maximum absolute atomic E-state index is 11.2. The Morgan fingerprint density at radius 2 is 2.00 bits per heavy atom. The van der Waals surface area contributed by atoms with Gasteiger partial charge < -0.3 is 4.74 Å². The standard InChI is InChI=1S/C6H11F2O/c1-5(2)3-4-9-6(7)8/h3,5-6H,4H2,1-2H3. The fourth-order valence-electron chi connectivity index (χ4n) is 0.321. The van der Waals surface area contributed by atoms with Crippen LogP contribution < -0.4 is 0 Å². The van der Waals surface area contributed by atoms with E-state index in [2.05, 4.69) is 4.74 Å². The minimum atomic E-state index is -2.64. The summed E-state index contributed by atoms with van der Waals surface area (Å²) < 4.78 is 26.4. The van der Waals surface area contributed by atoms with Gasteiger partial charge in [-0.1, -0.05) is 13.8 Å². The van der Waals surface area contributed by atoms with Crippen molar-refractivity contribution >= 4 is 0 Å². The minimum Gasteiger partial charge on any atom is -0.323 e. The third-order valence-electron chi connectivity index (χ3n) is 0.790. The van der Waals surface area contributed by atoms with Crippen LogP contribution in [0, 0.1) is 12.3 Å². The summed E-state index contributed by atoms with van der Waals surface area (Å²) in [6, 6.07) is 0. The number of halogens is 2. The van der Waals surface area contributed by atoms with Crippen molar-refractivity contribution in [2.75, 3.05) is 6.61 Å². The van der Waals surface area contributed by atoms with Crippen LogP contribution in [0.15, 0.2) is 0 Å². The zero-order valence-electron chi connectivity index (χ0n) is 5.60. The number of hydrogen-bond donors (Lipinski definition) is 0. The van der Waals surface area contributed by atoms with Crippen molar-refractivity contribution < 1.29 is 13.5 Å². The normalized spacial score (nSPS) is 11.3. The summed E-state index contributed by atoms with van der Waals surface area (Å²) in [5.74, 6) is 0.309. The summed E-state index contributed by atoms with van der Waals surface area (Å²) in [7, 11) is 0. The van der Waals surface area contributed by atoms with E-state index in [9.17, 15) is 8.78 Å². The molecule has 0 spiro atoms. The number of rotatable bonds is 4. The molecule has 1 radical (unpaired) electrons. The molecule has 1 nitrogen and oxygen atoms in total. The lowest BCUT2D eigenvalue weighted by molar-refractivity contribution is -0.123. The van der Waals surface area contributed by atoms with Crippen molar-refractivity contribution in [3.05, 3.63) is 6.42 Å². The second-order valence-electron chi connectivity index (χ2n) is 2.07. The summed E-state index contributed by atoms with van der Waals surface area (Å²) in [5.41, 5.74) is 0. The van der Waals surface area contributed by atoms with E-state index in [0.29, 0.717) is 5.92 Å². The zero-order chi connectivity index (χ0) is 7.28. The molecule has 0 aliphatic heterocycles. The summed E-state index contributed by atoms with van der Waals surface area (Å²) in [6.07, 6.45) is 1.69. The maximum Gasteiger partial charge on any atom is 0.345 e. The van der Waals surface area contributed by atoms with E-state index in [1.807, 2.05) is 13.8 Å². The molecule has 0 bridgehead atoms.